The van der Waals surface area contributed by atoms with Gasteiger partial charge in [-0.2, -0.15) is 13.8 Å². The van der Waals surface area contributed by atoms with Gasteiger partial charge in [0.1, 0.15) is 6.61 Å². The van der Waals surface area contributed by atoms with E-state index >= 15 is 0 Å². The molecular weight excluding hydrogens is 390 g/mol. The summed E-state index contributed by atoms with van der Waals surface area (Å²) >= 11 is 1.43. The van der Waals surface area contributed by atoms with Crippen LogP contribution in [0.15, 0.2) is 27.4 Å². The number of hydrogen-bond acceptors (Lipinski definition) is 8. The lowest BCUT2D eigenvalue weighted by Gasteiger charge is -2.31. The molecule has 2 bridgehead atoms. The van der Waals surface area contributed by atoms with Gasteiger partial charge in [0.15, 0.2) is 16.8 Å². The molecule has 5 rings (SSSR count). The van der Waals surface area contributed by atoms with Gasteiger partial charge < -0.3 is 24.5 Å². The molecule has 2 aliphatic rings. The fourth-order valence-electron chi connectivity index (χ4n) is 3.88. The number of piperazine rings is 1. The van der Waals surface area contributed by atoms with Gasteiger partial charge in [-0.15, -0.1) is 11.3 Å². The number of nitrogens with one attached hydrogen (secondary N) is 1. The number of halogens is 2. The van der Waals surface area contributed by atoms with Crippen molar-refractivity contribution in [2.24, 2.45) is 0 Å². The number of aliphatic hydroxyl groups is 1. The van der Waals surface area contributed by atoms with Crippen LogP contribution in [-0.4, -0.2) is 53.0 Å². The maximum atomic E-state index is 13.7. The number of ether oxygens (including phenoxy) is 1. The molecule has 28 heavy (non-hydrogen) atoms. The fraction of sp³-hybridized carbons (Fsp3) is 0.444. The second kappa shape index (κ2) is 6.64. The summed E-state index contributed by atoms with van der Waals surface area (Å²) in [5.74, 6) is -0.138. The van der Waals surface area contributed by atoms with E-state index in [4.69, 9.17) is 14.3 Å². The molecule has 2 atom stereocenters. The Morgan fingerprint density at radius 3 is 2.79 bits per heavy atom. The monoisotopic (exact) mass is 408 g/mol. The molecule has 1 aromatic carbocycles. The summed E-state index contributed by atoms with van der Waals surface area (Å²) in [5, 5.41) is 14.3. The zero-order chi connectivity index (χ0) is 19.3. The molecule has 0 spiro atoms. The number of aliphatic hydroxyl groups excluding tert-OH is 1. The molecule has 0 radical (unpaired) electrons. The minimum absolute atomic E-state index is 0.138. The van der Waals surface area contributed by atoms with Crippen LogP contribution in [0.3, 0.4) is 0 Å². The van der Waals surface area contributed by atoms with Gasteiger partial charge >= 0.3 is 6.11 Å². The van der Waals surface area contributed by atoms with Crippen LogP contribution in [0.5, 0.6) is 5.75 Å². The number of fused-ring (bicyclic) bond motifs is 3. The quantitative estimate of drug-likeness (QED) is 0.672. The summed E-state index contributed by atoms with van der Waals surface area (Å²) in [4.78, 5) is 10.8. The third-order valence-corrected chi connectivity index (χ3v) is 5.72. The Hall–Kier alpha value is -2.30. The molecule has 0 saturated carbocycles. The number of anilines is 1. The Labute approximate surface area is 163 Å². The van der Waals surface area contributed by atoms with Crippen molar-refractivity contribution in [3.8, 4) is 17.0 Å². The molecule has 7 nitrogen and oxygen atoms in total. The zero-order valence-corrected chi connectivity index (χ0v) is 15.6. The molecule has 2 aliphatic heterocycles. The van der Waals surface area contributed by atoms with Crippen LogP contribution < -0.4 is 15.0 Å². The van der Waals surface area contributed by atoms with Gasteiger partial charge in [0, 0.05) is 36.1 Å². The number of thiazole rings is 1. The van der Waals surface area contributed by atoms with E-state index in [2.05, 4.69) is 15.3 Å². The Kier molecular flexibility index (Phi) is 4.22. The molecule has 10 heteroatoms. The smallest absolute Gasteiger partial charge is 0.421 e. The van der Waals surface area contributed by atoms with Crippen molar-refractivity contribution in [2.75, 3.05) is 24.6 Å². The lowest BCUT2D eigenvalue weighted by molar-refractivity contribution is -0.200. The molecule has 3 aromatic rings. The maximum Gasteiger partial charge on any atom is 0.421 e. The molecule has 2 fully saturated rings. The van der Waals surface area contributed by atoms with Crippen LogP contribution >= 0.6 is 11.3 Å². The van der Waals surface area contributed by atoms with Crippen molar-refractivity contribution in [3.63, 3.8) is 0 Å². The van der Waals surface area contributed by atoms with E-state index in [1.807, 2.05) is 10.3 Å². The SMILES string of the molecule is OCC(F)(F)Oc1ccc(-c2cscn2)c2oc(N3CC4CCC(C3)N4)nc12. The third-order valence-electron chi connectivity index (χ3n) is 5.13. The molecule has 0 aliphatic carbocycles. The number of oxazole rings is 1. The molecule has 2 aromatic heterocycles. The lowest BCUT2D eigenvalue weighted by Crippen LogP contribution is -2.51. The molecule has 2 saturated heterocycles. The number of benzene rings is 1. The average molecular weight is 408 g/mol. The summed E-state index contributed by atoms with van der Waals surface area (Å²) in [6.07, 6.45) is -1.51. The first-order valence-electron chi connectivity index (χ1n) is 9.03. The van der Waals surface area contributed by atoms with Crippen LogP contribution in [0, 0.1) is 0 Å². The predicted molar refractivity (Wildman–Crippen MR) is 99.9 cm³/mol. The topological polar surface area (TPSA) is 83.7 Å². The number of nitrogens with zero attached hydrogens (tertiary/aromatic N) is 3. The maximum absolute atomic E-state index is 13.7. The zero-order valence-electron chi connectivity index (χ0n) is 14.8. The van der Waals surface area contributed by atoms with E-state index in [9.17, 15) is 8.78 Å². The summed E-state index contributed by atoms with van der Waals surface area (Å²) in [6, 6.07) is 4.17. The van der Waals surface area contributed by atoms with Crippen molar-refractivity contribution >= 4 is 28.5 Å². The lowest BCUT2D eigenvalue weighted by atomic mass is 10.1. The van der Waals surface area contributed by atoms with E-state index in [1.54, 1.807) is 11.6 Å². The van der Waals surface area contributed by atoms with Crippen molar-refractivity contribution in [1.82, 2.24) is 15.3 Å². The highest BCUT2D eigenvalue weighted by molar-refractivity contribution is 7.07. The number of rotatable bonds is 5. The first-order valence-corrected chi connectivity index (χ1v) is 9.97. The molecular formula is C18H18F2N4O3S. The molecule has 0 amide bonds. The van der Waals surface area contributed by atoms with Crippen LogP contribution in [0.4, 0.5) is 14.8 Å². The third kappa shape index (κ3) is 3.11. The van der Waals surface area contributed by atoms with Gasteiger partial charge in [-0.1, -0.05) is 0 Å². The summed E-state index contributed by atoms with van der Waals surface area (Å²) in [6.45, 7) is 0.0743. The van der Waals surface area contributed by atoms with E-state index in [1.165, 1.54) is 17.4 Å². The first-order chi connectivity index (χ1) is 13.5. The van der Waals surface area contributed by atoms with Crippen molar-refractivity contribution in [1.29, 1.82) is 0 Å². The van der Waals surface area contributed by atoms with E-state index in [-0.39, 0.29) is 11.3 Å². The van der Waals surface area contributed by atoms with Crippen molar-refractivity contribution in [2.45, 2.75) is 31.0 Å². The van der Waals surface area contributed by atoms with Crippen LogP contribution in [0.25, 0.3) is 22.4 Å². The molecule has 2 unspecified atom stereocenters. The van der Waals surface area contributed by atoms with Gasteiger partial charge in [0.05, 0.1) is 11.2 Å². The van der Waals surface area contributed by atoms with Gasteiger partial charge in [0.2, 0.25) is 0 Å². The van der Waals surface area contributed by atoms with E-state index in [0.717, 1.165) is 25.9 Å². The fourth-order valence-corrected chi connectivity index (χ4v) is 4.44. The van der Waals surface area contributed by atoms with Crippen LogP contribution in [-0.2, 0) is 0 Å². The van der Waals surface area contributed by atoms with Gasteiger partial charge in [0.25, 0.3) is 6.01 Å². The minimum atomic E-state index is -3.71. The van der Waals surface area contributed by atoms with Gasteiger partial charge in [-0.3, -0.25) is 0 Å². The second-order valence-electron chi connectivity index (χ2n) is 7.10. The highest BCUT2D eigenvalue weighted by atomic mass is 32.1. The Balaban J connectivity index is 1.60. The number of alkyl halides is 2. The van der Waals surface area contributed by atoms with Gasteiger partial charge in [-0.05, 0) is 25.0 Å². The molecule has 4 heterocycles. The standard InChI is InChI=1S/C18H18F2N4O3S/c19-18(20,8-25)27-14-4-3-12(13-7-28-9-21-13)16-15(14)23-17(26-16)24-5-10-1-2-11(6-24)22-10/h3-4,7,9-11,22,25H,1-2,5-6,8H2. The summed E-state index contributed by atoms with van der Waals surface area (Å²) < 4.78 is 38.1. The Bertz CT molecular complexity index is 982. The average Bonchev–Trinajstić information content (AvgIpc) is 3.42. The van der Waals surface area contributed by atoms with E-state index < -0.39 is 12.7 Å². The number of hydrogen-bond donors (Lipinski definition) is 2. The highest BCUT2D eigenvalue weighted by Crippen LogP contribution is 2.39. The van der Waals surface area contributed by atoms with Crippen molar-refractivity contribution in [3.05, 3.63) is 23.0 Å². The minimum Gasteiger partial charge on any atom is -0.428 e. The van der Waals surface area contributed by atoms with Gasteiger partial charge in [-0.25, -0.2) is 4.98 Å². The highest BCUT2D eigenvalue weighted by Gasteiger charge is 2.36. The molecule has 2 N–H and O–H groups in total. The van der Waals surface area contributed by atoms with E-state index in [0.29, 0.717) is 34.9 Å². The van der Waals surface area contributed by atoms with Crippen LogP contribution in [0.1, 0.15) is 12.8 Å². The molecule has 148 valence electrons. The second-order valence-corrected chi connectivity index (χ2v) is 7.82. The normalized spacial score (nSPS) is 22.2. The van der Waals surface area contributed by atoms with Crippen LogP contribution in [0.2, 0.25) is 0 Å². The Morgan fingerprint density at radius 1 is 1.32 bits per heavy atom. The largest absolute Gasteiger partial charge is 0.428 e. The van der Waals surface area contributed by atoms with Crippen molar-refractivity contribution < 1.29 is 23.0 Å². The predicted octanol–water partition coefficient (Wildman–Crippen LogP) is 2.86. The Morgan fingerprint density at radius 2 is 2.11 bits per heavy atom. The first kappa shape index (κ1) is 17.8. The summed E-state index contributed by atoms with van der Waals surface area (Å²) in [7, 11) is 0. The summed E-state index contributed by atoms with van der Waals surface area (Å²) in [5.41, 5.74) is 3.57. The number of aromatic nitrogens is 2.